The monoisotopic (exact) mass is 249 g/mol. The lowest BCUT2D eigenvalue weighted by atomic mass is 10.2. The summed E-state index contributed by atoms with van der Waals surface area (Å²) in [5, 5.41) is 0.608. The van der Waals surface area contributed by atoms with E-state index in [1.54, 1.807) is 24.5 Å². The Labute approximate surface area is 105 Å². The fourth-order valence-corrected chi connectivity index (χ4v) is 1.83. The Balaban J connectivity index is 2.26. The predicted octanol–water partition coefficient (Wildman–Crippen LogP) is 3.38. The fourth-order valence-electron chi connectivity index (χ4n) is 1.67. The van der Waals surface area contributed by atoms with Crippen LogP contribution < -0.4 is 4.90 Å². The highest BCUT2D eigenvalue weighted by Gasteiger charge is 2.09. The molecule has 0 radical (unpaired) electrons. The van der Waals surface area contributed by atoms with Crippen LogP contribution in [0.5, 0.6) is 0 Å². The first-order chi connectivity index (χ1) is 8.20. The maximum absolute atomic E-state index is 11.0. The van der Waals surface area contributed by atoms with Gasteiger partial charge in [-0.15, -0.1) is 0 Å². The first kappa shape index (κ1) is 11.7. The second kappa shape index (κ2) is 5.06. The van der Waals surface area contributed by atoms with Crippen LogP contribution >= 0.6 is 11.6 Å². The van der Waals surface area contributed by atoms with E-state index < -0.39 is 0 Å². The van der Waals surface area contributed by atoms with Crippen molar-refractivity contribution in [1.29, 1.82) is 0 Å². The summed E-state index contributed by atoms with van der Waals surface area (Å²) < 4.78 is 5.27. The average Bonchev–Trinajstić information content (AvgIpc) is 2.81. The maximum atomic E-state index is 11.0. The van der Waals surface area contributed by atoms with Gasteiger partial charge in [-0.3, -0.25) is 4.79 Å². The molecule has 0 atom stereocenters. The molecule has 0 aliphatic heterocycles. The van der Waals surface area contributed by atoms with Gasteiger partial charge in [-0.2, -0.15) is 0 Å². The van der Waals surface area contributed by atoms with Crippen molar-refractivity contribution >= 4 is 23.6 Å². The summed E-state index contributed by atoms with van der Waals surface area (Å²) >= 11 is 5.93. The van der Waals surface area contributed by atoms with Crippen LogP contribution in [0.15, 0.2) is 41.0 Å². The number of anilines is 1. The highest BCUT2D eigenvalue weighted by molar-refractivity contribution is 6.31. The smallest absolute Gasteiger partial charge is 0.152 e. The van der Waals surface area contributed by atoms with Crippen molar-refractivity contribution < 1.29 is 9.21 Å². The van der Waals surface area contributed by atoms with Crippen LogP contribution in [-0.2, 0) is 6.54 Å². The summed E-state index contributed by atoms with van der Waals surface area (Å²) in [6.45, 7) is 0.591. The van der Waals surface area contributed by atoms with E-state index in [-0.39, 0.29) is 0 Å². The molecule has 2 rings (SSSR count). The molecule has 0 spiro atoms. The van der Waals surface area contributed by atoms with Gasteiger partial charge in [0.25, 0.3) is 0 Å². The first-order valence-electron chi connectivity index (χ1n) is 5.19. The van der Waals surface area contributed by atoms with Gasteiger partial charge in [0.2, 0.25) is 0 Å². The minimum absolute atomic E-state index is 0.591. The average molecular weight is 250 g/mol. The zero-order valence-electron chi connectivity index (χ0n) is 9.39. The minimum atomic E-state index is 0.591. The van der Waals surface area contributed by atoms with Crippen LogP contribution in [0.3, 0.4) is 0 Å². The Bertz CT molecular complexity index is 508. The lowest BCUT2D eigenvalue weighted by Gasteiger charge is -2.19. The molecule has 1 aromatic heterocycles. The normalized spacial score (nSPS) is 10.2. The standard InChI is InChI=1S/C13H12ClNO2/c1-15(8-12-3-2-6-17-12)13-7-11(14)5-4-10(13)9-16/h2-7,9H,8H2,1H3. The molecule has 1 heterocycles. The third kappa shape index (κ3) is 2.68. The van der Waals surface area contributed by atoms with E-state index >= 15 is 0 Å². The molecule has 1 aromatic carbocycles. The number of halogens is 1. The summed E-state index contributed by atoms with van der Waals surface area (Å²) in [7, 11) is 1.89. The molecule has 0 fully saturated rings. The predicted molar refractivity (Wildman–Crippen MR) is 67.7 cm³/mol. The van der Waals surface area contributed by atoms with Gasteiger partial charge in [0, 0.05) is 23.3 Å². The minimum Gasteiger partial charge on any atom is -0.467 e. The molecule has 4 heteroatoms. The summed E-state index contributed by atoms with van der Waals surface area (Å²) in [6.07, 6.45) is 2.45. The Morgan fingerprint density at radius 3 is 2.88 bits per heavy atom. The van der Waals surface area contributed by atoms with Crippen LogP contribution in [0, 0.1) is 0 Å². The molecular weight excluding hydrogens is 238 g/mol. The second-order valence-corrected chi connectivity index (χ2v) is 4.19. The van der Waals surface area contributed by atoms with Gasteiger partial charge in [0.15, 0.2) is 6.29 Å². The summed E-state index contributed by atoms with van der Waals surface area (Å²) in [5.74, 6) is 0.837. The molecule has 3 nitrogen and oxygen atoms in total. The van der Waals surface area contributed by atoms with Crippen molar-refractivity contribution in [1.82, 2.24) is 0 Å². The molecule has 0 aliphatic carbocycles. The van der Waals surface area contributed by atoms with Gasteiger partial charge in [-0.25, -0.2) is 0 Å². The summed E-state index contributed by atoms with van der Waals surface area (Å²) in [4.78, 5) is 12.9. The molecule has 0 saturated carbocycles. The molecule has 0 N–H and O–H groups in total. The van der Waals surface area contributed by atoms with Gasteiger partial charge in [-0.1, -0.05) is 11.6 Å². The van der Waals surface area contributed by atoms with E-state index in [2.05, 4.69) is 0 Å². The number of hydrogen-bond acceptors (Lipinski definition) is 3. The largest absolute Gasteiger partial charge is 0.467 e. The molecule has 0 unspecified atom stereocenters. The Morgan fingerprint density at radius 2 is 2.24 bits per heavy atom. The maximum Gasteiger partial charge on any atom is 0.152 e. The Kier molecular flexibility index (Phi) is 3.49. The lowest BCUT2D eigenvalue weighted by molar-refractivity contribution is 0.112. The quantitative estimate of drug-likeness (QED) is 0.779. The molecule has 2 aromatic rings. The molecule has 0 aliphatic rings. The van der Waals surface area contributed by atoms with Crippen molar-refractivity contribution in [3.8, 4) is 0 Å². The zero-order chi connectivity index (χ0) is 12.3. The van der Waals surface area contributed by atoms with Gasteiger partial charge in [0.1, 0.15) is 5.76 Å². The zero-order valence-corrected chi connectivity index (χ0v) is 10.1. The Hall–Kier alpha value is -1.74. The molecule has 0 bridgehead atoms. The molecule has 0 saturated heterocycles. The van der Waals surface area contributed by atoms with E-state index in [1.165, 1.54) is 0 Å². The van der Waals surface area contributed by atoms with E-state index in [1.807, 2.05) is 24.1 Å². The van der Waals surface area contributed by atoms with Crippen molar-refractivity contribution in [2.24, 2.45) is 0 Å². The SMILES string of the molecule is CN(Cc1ccco1)c1cc(Cl)ccc1C=O. The van der Waals surface area contributed by atoms with Gasteiger partial charge < -0.3 is 9.32 Å². The van der Waals surface area contributed by atoms with Crippen molar-refractivity contribution in [2.75, 3.05) is 11.9 Å². The van der Waals surface area contributed by atoms with Crippen LogP contribution in [0.2, 0.25) is 5.02 Å². The van der Waals surface area contributed by atoms with Gasteiger partial charge in [-0.05, 0) is 30.3 Å². The number of carbonyl (C=O) groups excluding carboxylic acids is 1. The van der Waals surface area contributed by atoms with E-state index in [0.29, 0.717) is 17.1 Å². The van der Waals surface area contributed by atoms with Crippen molar-refractivity contribution in [3.63, 3.8) is 0 Å². The topological polar surface area (TPSA) is 33.5 Å². The van der Waals surface area contributed by atoms with Crippen molar-refractivity contribution in [3.05, 3.63) is 52.9 Å². The van der Waals surface area contributed by atoms with E-state index in [9.17, 15) is 4.79 Å². The van der Waals surface area contributed by atoms with Crippen molar-refractivity contribution in [2.45, 2.75) is 6.54 Å². The summed E-state index contributed by atoms with van der Waals surface area (Å²) in [6, 6.07) is 8.91. The number of rotatable bonds is 4. The first-order valence-corrected chi connectivity index (χ1v) is 5.57. The van der Waals surface area contributed by atoms with E-state index in [4.69, 9.17) is 16.0 Å². The number of hydrogen-bond donors (Lipinski definition) is 0. The molecule has 88 valence electrons. The molecule has 0 amide bonds. The van der Waals surface area contributed by atoms with Crippen LogP contribution in [0.4, 0.5) is 5.69 Å². The number of aldehydes is 1. The number of furan rings is 1. The molecule has 17 heavy (non-hydrogen) atoms. The Morgan fingerprint density at radius 1 is 1.41 bits per heavy atom. The van der Waals surface area contributed by atoms with Crippen LogP contribution in [-0.4, -0.2) is 13.3 Å². The summed E-state index contributed by atoms with van der Waals surface area (Å²) in [5.41, 5.74) is 1.41. The fraction of sp³-hybridized carbons (Fsp3) is 0.154. The molecular formula is C13H12ClNO2. The van der Waals surface area contributed by atoms with Crippen LogP contribution in [0.25, 0.3) is 0 Å². The van der Waals surface area contributed by atoms with Gasteiger partial charge in [0.05, 0.1) is 12.8 Å². The second-order valence-electron chi connectivity index (χ2n) is 3.76. The van der Waals surface area contributed by atoms with E-state index in [0.717, 1.165) is 17.7 Å². The number of nitrogens with zero attached hydrogens (tertiary/aromatic N) is 1. The highest BCUT2D eigenvalue weighted by atomic mass is 35.5. The van der Waals surface area contributed by atoms with Crippen LogP contribution in [0.1, 0.15) is 16.1 Å². The third-order valence-electron chi connectivity index (χ3n) is 2.50. The van der Waals surface area contributed by atoms with Gasteiger partial charge >= 0.3 is 0 Å². The lowest BCUT2D eigenvalue weighted by Crippen LogP contribution is -2.17. The third-order valence-corrected chi connectivity index (χ3v) is 2.74. The number of benzene rings is 1. The highest BCUT2D eigenvalue weighted by Crippen LogP contribution is 2.24. The number of carbonyl (C=O) groups is 1.